The van der Waals surface area contributed by atoms with Crippen molar-refractivity contribution < 1.29 is 24.5 Å². The average molecular weight is 318 g/mol. The molecule has 2 unspecified atom stereocenters. The summed E-state index contributed by atoms with van der Waals surface area (Å²) in [5.74, 6) is -0.209. The minimum Gasteiger partial charge on any atom is -0.465 e. The largest absolute Gasteiger partial charge is 0.465 e. The van der Waals surface area contributed by atoms with Crippen molar-refractivity contribution in [3.63, 3.8) is 0 Å². The van der Waals surface area contributed by atoms with Gasteiger partial charge in [-0.15, -0.1) is 0 Å². The number of carboxylic acid groups (broad SMARTS) is 1. The fourth-order valence-electron chi connectivity index (χ4n) is 2.25. The third-order valence-corrected chi connectivity index (χ3v) is 5.38. The number of likely N-dealkylation sites (tertiary alicyclic amines) is 1. The van der Waals surface area contributed by atoms with Crippen molar-refractivity contribution in [3.8, 4) is 0 Å². The van der Waals surface area contributed by atoms with Gasteiger partial charge in [-0.2, -0.15) is 0 Å². The molecule has 21 heavy (non-hydrogen) atoms. The molecule has 0 spiro atoms. The van der Waals surface area contributed by atoms with Crippen LogP contribution < -0.4 is 5.32 Å². The highest BCUT2D eigenvalue weighted by Gasteiger charge is 2.34. The van der Waals surface area contributed by atoms with Gasteiger partial charge < -0.3 is 25.2 Å². The first-order chi connectivity index (χ1) is 9.73. The van der Waals surface area contributed by atoms with Crippen molar-refractivity contribution in [2.45, 2.75) is 25.7 Å². The molecule has 122 valence electrons. The number of nitrogens with one attached hydrogen (secondary N) is 1. The van der Waals surface area contributed by atoms with E-state index in [9.17, 15) is 14.7 Å². The number of carbonyl (C=O) groups is 2. The van der Waals surface area contributed by atoms with Gasteiger partial charge in [-0.3, -0.25) is 0 Å². The van der Waals surface area contributed by atoms with Gasteiger partial charge in [0.2, 0.25) is 0 Å². The van der Waals surface area contributed by atoms with E-state index >= 15 is 0 Å². The predicted octanol–water partition coefficient (Wildman–Crippen LogP) is 1.27. The Morgan fingerprint density at radius 2 is 1.90 bits per heavy atom. The first-order valence-electron chi connectivity index (χ1n) is 7.22. The summed E-state index contributed by atoms with van der Waals surface area (Å²) in [6.45, 7) is 7.91. The van der Waals surface area contributed by atoms with Crippen LogP contribution in [0.15, 0.2) is 0 Å². The highest BCUT2D eigenvalue weighted by atomic mass is 28.3. The molecule has 0 saturated carbocycles. The third kappa shape index (κ3) is 6.34. The van der Waals surface area contributed by atoms with Crippen LogP contribution in [0, 0.1) is 11.8 Å². The maximum atomic E-state index is 11.6. The highest BCUT2D eigenvalue weighted by molar-refractivity contribution is 6.76. The van der Waals surface area contributed by atoms with Crippen LogP contribution in [0.5, 0.6) is 0 Å². The smallest absolute Gasteiger partial charge is 0.407 e. The number of carbonyl (C=O) groups excluding carboxylic acids is 1. The fraction of sp³-hybridized carbons (Fsp3) is 0.846. The lowest BCUT2D eigenvalue weighted by atomic mass is 9.97. The Labute approximate surface area is 126 Å². The zero-order chi connectivity index (χ0) is 16.0. The molecule has 2 amide bonds. The molecular formula is C13H26N2O5Si. The summed E-state index contributed by atoms with van der Waals surface area (Å²) >= 11 is 0. The van der Waals surface area contributed by atoms with Gasteiger partial charge in [0.25, 0.3) is 0 Å². The maximum absolute atomic E-state index is 11.6. The second-order valence-corrected chi connectivity index (χ2v) is 12.3. The van der Waals surface area contributed by atoms with Crippen molar-refractivity contribution in [1.29, 1.82) is 0 Å². The standard InChI is InChI=1S/C13H26N2O5Si/c1-21(2,3)5-4-20-12(17)14-6-10-7-15(13(18)19)8-11(10)9-16/h10-11,16H,4-9H2,1-3H3,(H,14,17)(H,18,19). The second kappa shape index (κ2) is 7.65. The summed E-state index contributed by atoms with van der Waals surface area (Å²) in [5, 5.41) is 20.9. The summed E-state index contributed by atoms with van der Waals surface area (Å²) in [4.78, 5) is 23.8. The van der Waals surface area contributed by atoms with Crippen LogP contribution in [0.1, 0.15) is 0 Å². The third-order valence-electron chi connectivity index (χ3n) is 3.68. The summed E-state index contributed by atoms with van der Waals surface area (Å²) in [6, 6.07) is 0.913. The van der Waals surface area contributed by atoms with E-state index in [-0.39, 0.29) is 18.4 Å². The van der Waals surface area contributed by atoms with Gasteiger partial charge >= 0.3 is 12.2 Å². The van der Waals surface area contributed by atoms with Gasteiger partial charge in [-0.25, -0.2) is 9.59 Å². The van der Waals surface area contributed by atoms with Gasteiger partial charge in [-0.05, 0) is 6.04 Å². The minimum atomic E-state index is -1.22. The number of aliphatic hydroxyl groups excluding tert-OH is 1. The quantitative estimate of drug-likeness (QED) is 0.641. The molecule has 3 N–H and O–H groups in total. The molecule has 1 rings (SSSR count). The van der Waals surface area contributed by atoms with E-state index in [1.165, 1.54) is 4.90 Å². The van der Waals surface area contributed by atoms with E-state index in [0.29, 0.717) is 26.2 Å². The Hall–Kier alpha value is -1.28. The van der Waals surface area contributed by atoms with E-state index in [1.807, 2.05) is 0 Å². The van der Waals surface area contributed by atoms with Crippen LogP contribution in [0.4, 0.5) is 9.59 Å². The summed E-state index contributed by atoms with van der Waals surface area (Å²) in [6.07, 6.45) is -1.47. The number of aliphatic hydroxyl groups is 1. The van der Waals surface area contributed by atoms with Crippen LogP contribution in [0.3, 0.4) is 0 Å². The first kappa shape index (κ1) is 17.8. The second-order valence-electron chi connectivity index (χ2n) is 6.72. The molecule has 1 aliphatic rings. The number of amides is 2. The van der Waals surface area contributed by atoms with Gasteiger partial charge in [0.1, 0.15) is 0 Å². The average Bonchev–Trinajstić information content (AvgIpc) is 2.78. The normalized spacial score (nSPS) is 22.2. The number of hydrogen-bond donors (Lipinski definition) is 3. The number of ether oxygens (including phenoxy) is 1. The molecule has 2 atom stereocenters. The minimum absolute atomic E-state index is 0.0735. The molecule has 0 aromatic heterocycles. The van der Waals surface area contributed by atoms with Crippen LogP contribution >= 0.6 is 0 Å². The maximum Gasteiger partial charge on any atom is 0.407 e. The van der Waals surface area contributed by atoms with Crippen LogP contribution in [-0.2, 0) is 4.74 Å². The topological polar surface area (TPSA) is 99.1 Å². The van der Waals surface area contributed by atoms with Gasteiger partial charge in [-0.1, -0.05) is 19.6 Å². The number of alkyl carbamates (subject to hydrolysis) is 1. The molecule has 7 nitrogen and oxygen atoms in total. The van der Waals surface area contributed by atoms with Crippen molar-refractivity contribution in [2.24, 2.45) is 11.8 Å². The van der Waals surface area contributed by atoms with E-state index in [0.717, 1.165) is 6.04 Å². The first-order valence-corrected chi connectivity index (χ1v) is 10.9. The SMILES string of the molecule is C[Si](C)(C)CCOC(=O)NCC1CN(C(=O)O)CC1CO. The lowest BCUT2D eigenvalue weighted by molar-refractivity contribution is 0.146. The Morgan fingerprint density at radius 3 is 2.43 bits per heavy atom. The molecule has 8 heteroatoms. The predicted molar refractivity (Wildman–Crippen MR) is 81.2 cm³/mol. The fourth-order valence-corrected chi connectivity index (χ4v) is 2.96. The Morgan fingerprint density at radius 1 is 1.29 bits per heavy atom. The monoisotopic (exact) mass is 318 g/mol. The molecule has 0 bridgehead atoms. The molecule has 0 radical (unpaired) electrons. The lowest BCUT2D eigenvalue weighted by Gasteiger charge is -2.18. The molecule has 0 aliphatic carbocycles. The Bertz CT molecular complexity index is 372. The van der Waals surface area contributed by atoms with E-state index in [1.54, 1.807) is 0 Å². The van der Waals surface area contributed by atoms with E-state index < -0.39 is 20.3 Å². The number of nitrogens with zero attached hydrogens (tertiary/aromatic N) is 1. The molecule has 0 aromatic carbocycles. The van der Waals surface area contributed by atoms with Crippen molar-refractivity contribution in [3.05, 3.63) is 0 Å². The van der Waals surface area contributed by atoms with Gasteiger partial charge in [0, 0.05) is 46.2 Å². The van der Waals surface area contributed by atoms with Gasteiger partial charge in [0.05, 0.1) is 6.61 Å². The molecule has 1 heterocycles. The van der Waals surface area contributed by atoms with Crippen LogP contribution in [0.25, 0.3) is 0 Å². The van der Waals surface area contributed by atoms with Gasteiger partial charge in [0.15, 0.2) is 0 Å². The van der Waals surface area contributed by atoms with Crippen LogP contribution in [-0.4, -0.2) is 68.2 Å². The molecule has 1 aliphatic heterocycles. The molecule has 0 aromatic rings. The molecular weight excluding hydrogens is 292 g/mol. The van der Waals surface area contributed by atoms with E-state index in [4.69, 9.17) is 9.84 Å². The summed E-state index contributed by atoms with van der Waals surface area (Å²) < 4.78 is 5.11. The zero-order valence-electron chi connectivity index (χ0n) is 13.0. The number of hydrogen-bond acceptors (Lipinski definition) is 4. The van der Waals surface area contributed by atoms with Crippen molar-refractivity contribution in [1.82, 2.24) is 10.2 Å². The van der Waals surface area contributed by atoms with E-state index in [2.05, 4.69) is 25.0 Å². The number of rotatable bonds is 6. The molecule has 1 fully saturated rings. The highest BCUT2D eigenvalue weighted by Crippen LogP contribution is 2.22. The Kier molecular flexibility index (Phi) is 6.47. The lowest BCUT2D eigenvalue weighted by Crippen LogP contribution is -2.35. The molecule has 1 saturated heterocycles. The summed E-state index contributed by atoms with van der Waals surface area (Å²) in [5.41, 5.74) is 0. The Balaban J connectivity index is 2.30. The van der Waals surface area contributed by atoms with Crippen LogP contribution in [0.2, 0.25) is 25.7 Å². The zero-order valence-corrected chi connectivity index (χ0v) is 14.0. The summed E-state index contributed by atoms with van der Waals surface area (Å²) in [7, 11) is -1.22. The van der Waals surface area contributed by atoms with Crippen molar-refractivity contribution >= 4 is 20.3 Å². The van der Waals surface area contributed by atoms with Crippen molar-refractivity contribution in [2.75, 3.05) is 32.8 Å².